The average molecular weight is 441 g/mol. The van der Waals surface area contributed by atoms with Gasteiger partial charge in [0.25, 0.3) is 0 Å². The first kappa shape index (κ1) is 21.6. The smallest absolute Gasteiger partial charge is 0.339 e. The van der Waals surface area contributed by atoms with Crippen LogP contribution in [0.2, 0.25) is 0 Å². The molecule has 3 heterocycles. The van der Waals surface area contributed by atoms with Gasteiger partial charge in [0, 0.05) is 22.2 Å². The van der Waals surface area contributed by atoms with Crippen LogP contribution >= 0.6 is 0 Å². The fraction of sp³-hybridized carbons (Fsp3) is 0.318. The third-order valence-corrected chi connectivity index (χ3v) is 4.84. The lowest BCUT2D eigenvalue weighted by Gasteiger charge is -2.14. The van der Waals surface area contributed by atoms with Crippen molar-refractivity contribution < 1.29 is 23.4 Å². The molecule has 3 N–H and O–H groups in total. The summed E-state index contributed by atoms with van der Waals surface area (Å²) in [5, 5.41) is 4.72. The number of fused-ring (bicyclic) bond motifs is 2. The second-order valence-electron chi connectivity index (χ2n) is 7.79. The predicted molar refractivity (Wildman–Crippen MR) is 115 cm³/mol. The third-order valence-electron chi connectivity index (χ3n) is 4.84. The molecule has 1 atom stereocenters. The summed E-state index contributed by atoms with van der Waals surface area (Å²) in [6.45, 7) is 7.12. The van der Waals surface area contributed by atoms with E-state index in [-0.39, 0.29) is 24.5 Å². The highest BCUT2D eigenvalue weighted by Gasteiger charge is 2.19. The van der Waals surface area contributed by atoms with Crippen molar-refractivity contribution in [2.45, 2.75) is 39.8 Å². The number of esters is 1. The zero-order valence-corrected chi connectivity index (χ0v) is 18.2. The predicted octanol–water partition coefficient (Wildman–Crippen LogP) is 3.42. The number of rotatable bonds is 7. The zero-order chi connectivity index (χ0) is 23.0. The Labute approximate surface area is 183 Å². The highest BCUT2D eigenvalue weighted by molar-refractivity contribution is 5.82. The summed E-state index contributed by atoms with van der Waals surface area (Å²) in [4.78, 5) is 19.1. The fourth-order valence-corrected chi connectivity index (χ4v) is 3.27. The van der Waals surface area contributed by atoms with Crippen LogP contribution in [0.15, 0.2) is 30.6 Å². The van der Waals surface area contributed by atoms with Crippen molar-refractivity contribution >= 4 is 22.4 Å². The topological polar surface area (TPSA) is 117 Å². The number of carbonyl (C=O) groups is 1. The molecular weight excluding hydrogens is 417 g/mol. The highest BCUT2D eigenvalue weighted by atomic mass is 19.1. The number of aromatic nitrogens is 4. The van der Waals surface area contributed by atoms with Crippen LogP contribution in [0, 0.1) is 19.7 Å². The maximum absolute atomic E-state index is 14.8. The number of benzene rings is 1. The number of nitrogens with zero attached hydrogens (tertiary/aromatic N) is 3. The Kier molecular flexibility index (Phi) is 5.70. The molecular formula is C22H24FN5O4. The maximum Gasteiger partial charge on any atom is 0.339 e. The van der Waals surface area contributed by atoms with Crippen LogP contribution in [0.4, 0.5) is 4.39 Å². The SMILES string of the molecule is Cc1cc2c(F)c(Oc3ncc4c(C)c(OC[C@@H](N)C(=O)OC(C)C)cn4n3)ccc2[nH]1. The number of aryl methyl sites for hydroxylation is 2. The van der Waals surface area contributed by atoms with Crippen molar-refractivity contribution in [2.75, 3.05) is 6.61 Å². The summed E-state index contributed by atoms with van der Waals surface area (Å²) in [6.07, 6.45) is 2.91. The van der Waals surface area contributed by atoms with E-state index < -0.39 is 17.8 Å². The number of halogens is 1. The standard InChI is InChI=1S/C22H24FN5O4/c1-11(2)31-21(29)15(24)10-30-19-9-28-17(13(19)4)8-25-22(27-28)32-18-6-5-16-14(20(18)23)7-12(3)26-16/h5-9,11,15,26H,10,24H2,1-4H3/t15-/m1/s1. The van der Waals surface area contributed by atoms with Gasteiger partial charge in [-0.3, -0.25) is 4.79 Å². The fourth-order valence-electron chi connectivity index (χ4n) is 3.27. The molecule has 4 aromatic rings. The van der Waals surface area contributed by atoms with E-state index in [1.165, 1.54) is 10.6 Å². The van der Waals surface area contributed by atoms with Gasteiger partial charge in [-0.2, -0.15) is 4.98 Å². The van der Waals surface area contributed by atoms with Crippen LogP contribution < -0.4 is 15.2 Å². The molecule has 0 unspecified atom stereocenters. The third kappa shape index (κ3) is 4.22. The van der Waals surface area contributed by atoms with Gasteiger partial charge >= 0.3 is 12.0 Å². The number of hydrogen-bond donors (Lipinski definition) is 2. The van der Waals surface area contributed by atoms with Gasteiger partial charge in [-0.05, 0) is 45.9 Å². The Morgan fingerprint density at radius 2 is 2.06 bits per heavy atom. The molecule has 0 spiro atoms. The summed E-state index contributed by atoms with van der Waals surface area (Å²) in [6, 6.07) is 4.02. The Bertz CT molecular complexity index is 1300. The molecule has 0 bridgehead atoms. The van der Waals surface area contributed by atoms with Gasteiger partial charge < -0.3 is 24.9 Å². The molecule has 10 heteroatoms. The minimum absolute atomic E-state index is 0.0193. The van der Waals surface area contributed by atoms with Crippen molar-refractivity contribution in [3.05, 3.63) is 47.7 Å². The molecule has 3 aromatic heterocycles. The molecule has 0 saturated heterocycles. The van der Waals surface area contributed by atoms with Crippen molar-refractivity contribution in [3.8, 4) is 17.5 Å². The van der Waals surface area contributed by atoms with Gasteiger partial charge in [-0.25, -0.2) is 8.91 Å². The molecule has 0 saturated carbocycles. The number of hydrogen-bond acceptors (Lipinski definition) is 7. The van der Waals surface area contributed by atoms with Crippen LogP contribution in [-0.2, 0) is 9.53 Å². The Hall–Kier alpha value is -3.66. The molecule has 0 radical (unpaired) electrons. The van der Waals surface area contributed by atoms with Gasteiger partial charge in [-0.1, -0.05) is 0 Å². The lowest BCUT2D eigenvalue weighted by Crippen LogP contribution is -2.38. The molecule has 0 fully saturated rings. The Morgan fingerprint density at radius 3 is 2.81 bits per heavy atom. The molecule has 32 heavy (non-hydrogen) atoms. The molecule has 9 nitrogen and oxygen atoms in total. The van der Waals surface area contributed by atoms with E-state index in [0.29, 0.717) is 22.2 Å². The van der Waals surface area contributed by atoms with E-state index >= 15 is 0 Å². The largest absolute Gasteiger partial charge is 0.489 e. The molecule has 0 amide bonds. The minimum atomic E-state index is -0.917. The van der Waals surface area contributed by atoms with Crippen molar-refractivity contribution in [2.24, 2.45) is 5.73 Å². The number of H-pyrrole nitrogens is 1. The summed E-state index contributed by atoms with van der Waals surface area (Å²) in [5.74, 6) is -0.524. The van der Waals surface area contributed by atoms with Gasteiger partial charge in [0.05, 0.1) is 24.0 Å². The number of aromatic amines is 1. The first-order valence-corrected chi connectivity index (χ1v) is 10.1. The number of nitrogens with one attached hydrogen (secondary N) is 1. The lowest BCUT2D eigenvalue weighted by atomic mass is 10.2. The molecule has 1 aromatic carbocycles. The quantitative estimate of drug-likeness (QED) is 0.422. The number of nitrogens with two attached hydrogens (primary N) is 1. The summed E-state index contributed by atoms with van der Waals surface area (Å²) >= 11 is 0. The molecule has 4 rings (SSSR count). The van der Waals surface area contributed by atoms with Crippen molar-refractivity contribution in [3.63, 3.8) is 0 Å². The summed E-state index contributed by atoms with van der Waals surface area (Å²) in [7, 11) is 0. The van der Waals surface area contributed by atoms with Crippen LogP contribution in [0.3, 0.4) is 0 Å². The average Bonchev–Trinajstić information content (AvgIpc) is 3.27. The van der Waals surface area contributed by atoms with Gasteiger partial charge in [0.15, 0.2) is 11.6 Å². The number of carbonyl (C=O) groups excluding carboxylic acids is 1. The molecule has 0 aliphatic carbocycles. The van der Waals surface area contributed by atoms with E-state index in [0.717, 1.165) is 11.3 Å². The van der Waals surface area contributed by atoms with Gasteiger partial charge in [-0.15, -0.1) is 5.10 Å². The maximum atomic E-state index is 14.8. The lowest BCUT2D eigenvalue weighted by molar-refractivity contribution is -0.149. The van der Waals surface area contributed by atoms with E-state index in [4.69, 9.17) is 19.9 Å². The van der Waals surface area contributed by atoms with Crippen LogP contribution in [0.1, 0.15) is 25.1 Å². The summed E-state index contributed by atoms with van der Waals surface area (Å²) < 4.78 is 32.7. The zero-order valence-electron chi connectivity index (χ0n) is 18.2. The Morgan fingerprint density at radius 1 is 1.28 bits per heavy atom. The second-order valence-corrected chi connectivity index (χ2v) is 7.79. The first-order chi connectivity index (χ1) is 15.2. The van der Waals surface area contributed by atoms with E-state index in [9.17, 15) is 9.18 Å². The van der Waals surface area contributed by atoms with Crippen LogP contribution in [0.25, 0.3) is 16.4 Å². The highest BCUT2D eigenvalue weighted by Crippen LogP contribution is 2.30. The molecule has 0 aliphatic rings. The van der Waals surface area contributed by atoms with E-state index in [2.05, 4.69) is 15.1 Å². The minimum Gasteiger partial charge on any atom is -0.489 e. The van der Waals surface area contributed by atoms with E-state index in [1.54, 1.807) is 38.4 Å². The van der Waals surface area contributed by atoms with Gasteiger partial charge in [0.2, 0.25) is 0 Å². The molecule has 0 aliphatic heterocycles. The van der Waals surface area contributed by atoms with Crippen molar-refractivity contribution in [1.29, 1.82) is 0 Å². The number of ether oxygens (including phenoxy) is 3. The van der Waals surface area contributed by atoms with Gasteiger partial charge in [0.1, 0.15) is 18.4 Å². The molecule has 168 valence electrons. The summed E-state index contributed by atoms with van der Waals surface area (Å²) in [5.41, 5.74) is 8.79. The van der Waals surface area contributed by atoms with E-state index in [1.807, 2.05) is 13.8 Å². The second kappa shape index (κ2) is 8.46. The normalized spacial score (nSPS) is 12.5. The monoisotopic (exact) mass is 441 g/mol. The van der Waals surface area contributed by atoms with Crippen LogP contribution in [-0.4, -0.2) is 44.3 Å². The first-order valence-electron chi connectivity index (χ1n) is 10.1. The Balaban J connectivity index is 1.52. The van der Waals surface area contributed by atoms with Crippen LogP contribution in [0.5, 0.6) is 17.5 Å². The van der Waals surface area contributed by atoms with Crippen molar-refractivity contribution in [1.82, 2.24) is 19.6 Å².